The van der Waals surface area contributed by atoms with Crippen LogP contribution in [0.1, 0.15) is 37.5 Å². The normalized spacial score (nSPS) is 11.4. The second-order valence-electron chi connectivity index (χ2n) is 10.2. The minimum absolute atomic E-state index is 0.0622. The van der Waals surface area contributed by atoms with Gasteiger partial charge in [0.1, 0.15) is 18.0 Å². The lowest BCUT2D eigenvalue weighted by molar-refractivity contribution is -0.137. The molecule has 0 unspecified atom stereocenters. The standard InChI is InChI=1S/C30H33F4N3O5/c1-29(2,3)42-28(39)35-14-15-37(27(38)36-24-12-11-22(31)17-23(24)30(32,33)34)18-21-10-13-25(26(16-21)40-4)41-19-20-8-6-5-7-9-20/h5-13,16-17H,14-15,18-19H2,1-4H3,(H,35,39)(H,36,38). The molecular weight excluding hydrogens is 558 g/mol. The Kier molecular flexibility index (Phi) is 10.6. The summed E-state index contributed by atoms with van der Waals surface area (Å²) in [6.07, 6.45) is -5.63. The van der Waals surface area contributed by atoms with Crippen LogP contribution in [0.2, 0.25) is 0 Å². The largest absolute Gasteiger partial charge is 0.493 e. The van der Waals surface area contributed by atoms with Gasteiger partial charge in [0.15, 0.2) is 11.5 Å². The molecule has 8 nitrogen and oxygen atoms in total. The van der Waals surface area contributed by atoms with E-state index in [1.54, 1.807) is 39.0 Å². The number of amides is 3. The lowest BCUT2D eigenvalue weighted by Crippen LogP contribution is -2.41. The zero-order valence-electron chi connectivity index (χ0n) is 23.7. The molecule has 0 spiro atoms. The maximum atomic E-state index is 13.6. The molecule has 0 aliphatic rings. The molecule has 0 bridgehead atoms. The number of methoxy groups -OCH3 is 1. The first-order chi connectivity index (χ1) is 19.7. The number of hydrogen-bond donors (Lipinski definition) is 2. The molecular formula is C30H33F4N3O5. The van der Waals surface area contributed by atoms with E-state index >= 15 is 0 Å². The molecule has 3 rings (SSSR count). The van der Waals surface area contributed by atoms with Gasteiger partial charge < -0.3 is 29.7 Å². The minimum atomic E-state index is -4.91. The zero-order valence-corrected chi connectivity index (χ0v) is 23.7. The van der Waals surface area contributed by atoms with Gasteiger partial charge in [-0.1, -0.05) is 36.4 Å². The van der Waals surface area contributed by atoms with Gasteiger partial charge in [-0.15, -0.1) is 0 Å². The first-order valence-corrected chi connectivity index (χ1v) is 13.0. The third-order valence-corrected chi connectivity index (χ3v) is 5.70. The molecule has 0 aliphatic carbocycles. The van der Waals surface area contributed by atoms with E-state index in [4.69, 9.17) is 14.2 Å². The van der Waals surface area contributed by atoms with Gasteiger partial charge in [0.05, 0.1) is 18.4 Å². The highest BCUT2D eigenvalue weighted by Crippen LogP contribution is 2.35. The van der Waals surface area contributed by atoms with E-state index in [9.17, 15) is 27.2 Å². The smallest absolute Gasteiger partial charge is 0.418 e. The Balaban J connectivity index is 1.79. The number of alkyl carbamates (subject to hydrolysis) is 1. The number of rotatable bonds is 10. The van der Waals surface area contributed by atoms with Crippen LogP contribution in [-0.4, -0.2) is 42.8 Å². The maximum Gasteiger partial charge on any atom is 0.418 e. The van der Waals surface area contributed by atoms with Gasteiger partial charge in [0.2, 0.25) is 0 Å². The van der Waals surface area contributed by atoms with Gasteiger partial charge in [0, 0.05) is 19.6 Å². The van der Waals surface area contributed by atoms with Crippen molar-refractivity contribution in [2.75, 3.05) is 25.5 Å². The predicted molar refractivity (Wildman–Crippen MR) is 149 cm³/mol. The summed E-state index contributed by atoms with van der Waals surface area (Å²) in [6.45, 7) is 5.13. The Bertz CT molecular complexity index is 1360. The fourth-order valence-electron chi connectivity index (χ4n) is 3.80. The Morgan fingerprint density at radius 1 is 0.905 bits per heavy atom. The molecule has 0 aromatic heterocycles. The molecule has 0 atom stereocenters. The number of alkyl halides is 3. The quantitative estimate of drug-likeness (QED) is 0.248. The highest BCUT2D eigenvalue weighted by atomic mass is 19.4. The Hall–Kier alpha value is -4.48. The summed E-state index contributed by atoms with van der Waals surface area (Å²) < 4.78 is 70.7. The average molecular weight is 592 g/mol. The van der Waals surface area contributed by atoms with Gasteiger partial charge in [-0.2, -0.15) is 13.2 Å². The number of carbonyl (C=O) groups is 2. The summed E-state index contributed by atoms with van der Waals surface area (Å²) in [7, 11) is 1.46. The molecule has 3 amide bonds. The number of benzene rings is 3. The van der Waals surface area contributed by atoms with Crippen LogP contribution in [0, 0.1) is 5.82 Å². The van der Waals surface area contributed by atoms with Crippen molar-refractivity contribution in [1.82, 2.24) is 10.2 Å². The number of carbonyl (C=O) groups excluding carboxylic acids is 2. The SMILES string of the molecule is COc1cc(CN(CCNC(=O)OC(C)(C)C)C(=O)Nc2ccc(F)cc2C(F)(F)F)ccc1OCc1ccccc1. The molecule has 226 valence electrons. The molecule has 2 N–H and O–H groups in total. The Labute approximate surface area is 241 Å². The summed E-state index contributed by atoms with van der Waals surface area (Å²) in [5, 5.41) is 4.74. The molecule has 12 heteroatoms. The summed E-state index contributed by atoms with van der Waals surface area (Å²) >= 11 is 0. The van der Waals surface area contributed by atoms with Gasteiger partial charge in [-0.25, -0.2) is 14.0 Å². The zero-order chi connectivity index (χ0) is 30.9. The molecule has 3 aromatic carbocycles. The first-order valence-electron chi connectivity index (χ1n) is 13.0. The van der Waals surface area contributed by atoms with E-state index in [0.29, 0.717) is 29.7 Å². The van der Waals surface area contributed by atoms with Crippen LogP contribution in [0.25, 0.3) is 0 Å². The molecule has 42 heavy (non-hydrogen) atoms. The lowest BCUT2D eigenvalue weighted by Gasteiger charge is -2.25. The van der Waals surface area contributed by atoms with Crippen LogP contribution in [0.15, 0.2) is 66.7 Å². The number of nitrogens with one attached hydrogen (secondary N) is 2. The maximum absolute atomic E-state index is 13.6. The van der Waals surface area contributed by atoms with Crippen molar-refractivity contribution in [1.29, 1.82) is 0 Å². The van der Waals surface area contributed by atoms with Crippen LogP contribution >= 0.6 is 0 Å². The topological polar surface area (TPSA) is 89.1 Å². The minimum Gasteiger partial charge on any atom is -0.493 e. The van der Waals surface area contributed by atoms with E-state index in [0.717, 1.165) is 17.7 Å². The molecule has 3 aromatic rings. The third-order valence-electron chi connectivity index (χ3n) is 5.70. The first kappa shape index (κ1) is 32.0. The van der Waals surface area contributed by atoms with Gasteiger partial charge >= 0.3 is 18.3 Å². The number of halogens is 4. The summed E-state index contributed by atoms with van der Waals surface area (Å²) in [4.78, 5) is 26.5. The molecule has 0 saturated carbocycles. The van der Waals surface area contributed by atoms with Crippen LogP contribution < -0.4 is 20.1 Å². The second kappa shape index (κ2) is 13.9. The third kappa shape index (κ3) is 9.86. The van der Waals surface area contributed by atoms with Gasteiger partial charge in [-0.05, 0) is 62.2 Å². The van der Waals surface area contributed by atoms with Crippen molar-refractivity contribution in [2.45, 2.75) is 45.7 Å². The number of urea groups is 1. The highest BCUT2D eigenvalue weighted by Gasteiger charge is 2.35. The van der Waals surface area contributed by atoms with Crippen LogP contribution in [0.5, 0.6) is 11.5 Å². The lowest BCUT2D eigenvalue weighted by atomic mass is 10.1. The number of anilines is 1. The van der Waals surface area contributed by atoms with E-state index in [1.165, 1.54) is 12.0 Å². The molecule has 0 saturated heterocycles. The summed E-state index contributed by atoms with van der Waals surface area (Å²) in [5.41, 5.74) is -1.17. The van der Waals surface area contributed by atoms with Crippen LogP contribution in [-0.2, 0) is 24.1 Å². The monoisotopic (exact) mass is 591 g/mol. The molecule has 0 aliphatic heterocycles. The highest BCUT2D eigenvalue weighted by molar-refractivity contribution is 5.90. The Morgan fingerprint density at radius 3 is 2.26 bits per heavy atom. The van der Waals surface area contributed by atoms with Crippen LogP contribution in [0.3, 0.4) is 0 Å². The van der Waals surface area contributed by atoms with E-state index < -0.39 is 41.0 Å². The van der Waals surface area contributed by atoms with Crippen molar-refractivity contribution in [3.8, 4) is 11.5 Å². The summed E-state index contributed by atoms with van der Waals surface area (Å²) in [6, 6.07) is 15.5. The number of ether oxygens (including phenoxy) is 3. The van der Waals surface area contributed by atoms with Crippen molar-refractivity contribution < 1.29 is 41.4 Å². The summed E-state index contributed by atoms with van der Waals surface area (Å²) in [5.74, 6) is -0.261. The number of hydrogen-bond acceptors (Lipinski definition) is 5. The molecule has 0 fully saturated rings. The second-order valence-corrected chi connectivity index (χ2v) is 10.2. The van der Waals surface area contributed by atoms with Crippen molar-refractivity contribution >= 4 is 17.8 Å². The van der Waals surface area contributed by atoms with E-state index in [-0.39, 0.29) is 19.6 Å². The molecule has 0 heterocycles. The number of nitrogens with zero attached hydrogens (tertiary/aromatic N) is 1. The van der Waals surface area contributed by atoms with Crippen molar-refractivity contribution in [3.63, 3.8) is 0 Å². The van der Waals surface area contributed by atoms with E-state index in [2.05, 4.69) is 10.6 Å². The average Bonchev–Trinajstić information content (AvgIpc) is 2.91. The van der Waals surface area contributed by atoms with Gasteiger partial charge in [-0.3, -0.25) is 0 Å². The van der Waals surface area contributed by atoms with Crippen LogP contribution in [0.4, 0.5) is 32.8 Å². The van der Waals surface area contributed by atoms with Crippen molar-refractivity contribution in [2.24, 2.45) is 0 Å². The fraction of sp³-hybridized carbons (Fsp3) is 0.333. The van der Waals surface area contributed by atoms with E-state index in [1.807, 2.05) is 30.3 Å². The van der Waals surface area contributed by atoms with Crippen molar-refractivity contribution in [3.05, 3.63) is 89.2 Å². The fourth-order valence-corrected chi connectivity index (χ4v) is 3.80. The molecule has 0 radical (unpaired) electrons. The Morgan fingerprint density at radius 2 is 1.62 bits per heavy atom. The predicted octanol–water partition coefficient (Wildman–Crippen LogP) is 6.99. The van der Waals surface area contributed by atoms with Gasteiger partial charge in [0.25, 0.3) is 0 Å².